The van der Waals surface area contributed by atoms with Crippen LogP contribution in [0.5, 0.6) is 0 Å². The van der Waals surface area contributed by atoms with E-state index in [1.165, 1.54) is 18.9 Å². The first-order chi connectivity index (χ1) is 15.7. The molecule has 0 saturated heterocycles. The average Bonchev–Trinajstić information content (AvgIpc) is 2.75. The summed E-state index contributed by atoms with van der Waals surface area (Å²) in [5.41, 5.74) is 0. The third-order valence-electron chi connectivity index (χ3n) is 5.13. The van der Waals surface area contributed by atoms with Crippen molar-refractivity contribution in [3.63, 3.8) is 0 Å². The van der Waals surface area contributed by atoms with Crippen molar-refractivity contribution >= 4 is 16.0 Å². The molecule has 0 aromatic rings. The zero-order valence-electron chi connectivity index (χ0n) is 20.4. The molecular formula is C25H45NO6S. The van der Waals surface area contributed by atoms with Gasteiger partial charge in [0.25, 0.3) is 10.1 Å². The van der Waals surface area contributed by atoms with Crippen molar-refractivity contribution in [3.05, 3.63) is 36.5 Å². The fraction of sp³-hybridized carbons (Fsp3) is 0.720. The zero-order chi connectivity index (χ0) is 25.0. The second-order valence-electron chi connectivity index (χ2n) is 8.39. The molecule has 192 valence electrons. The first-order valence-electron chi connectivity index (χ1n) is 12.3. The number of unbranched alkanes of at least 4 members (excludes halogenated alkanes) is 7. The van der Waals surface area contributed by atoms with Crippen LogP contribution >= 0.6 is 0 Å². The summed E-state index contributed by atoms with van der Waals surface area (Å²) in [5.74, 6) is -1.59. The highest BCUT2D eigenvalue weighted by Gasteiger charge is 2.27. The minimum atomic E-state index is -4.43. The van der Waals surface area contributed by atoms with E-state index in [9.17, 15) is 28.0 Å². The molecule has 7 nitrogen and oxygen atoms in total. The van der Waals surface area contributed by atoms with E-state index in [1.807, 2.05) is 6.08 Å². The molecule has 0 aliphatic heterocycles. The van der Waals surface area contributed by atoms with Gasteiger partial charge in [0.1, 0.15) is 6.10 Å². The molecule has 0 aliphatic carbocycles. The molecule has 8 heteroatoms. The number of aliphatic hydroxyl groups is 2. The standard InChI is InChI=1S/C25H45NO6S/c1-3-5-7-9-11-12-14-16-18-20-24(28)25(29)26-22(21-33(30,31)32)23(27)19-17-15-13-10-8-6-4-2/h8-11,17,19,22-24,27-28H,3-7,12-16,18,20-21H2,1-2H3,(H,26,29)(H,30,31,32)/b10-8+,11-9-,19-17+. The lowest BCUT2D eigenvalue weighted by Gasteiger charge is -2.22. The Morgan fingerprint density at radius 2 is 1.42 bits per heavy atom. The number of aliphatic hydroxyl groups excluding tert-OH is 2. The molecule has 3 unspecified atom stereocenters. The number of rotatable bonds is 20. The monoisotopic (exact) mass is 487 g/mol. The Balaban J connectivity index is 4.49. The van der Waals surface area contributed by atoms with Crippen molar-refractivity contribution in [3.8, 4) is 0 Å². The van der Waals surface area contributed by atoms with Crippen LogP contribution in [0.3, 0.4) is 0 Å². The fourth-order valence-corrected chi connectivity index (χ4v) is 3.90. The van der Waals surface area contributed by atoms with E-state index < -0.39 is 40.0 Å². The minimum Gasteiger partial charge on any atom is -0.387 e. The maximum Gasteiger partial charge on any atom is 0.267 e. The second-order valence-corrected chi connectivity index (χ2v) is 9.88. The average molecular weight is 488 g/mol. The summed E-state index contributed by atoms with van der Waals surface area (Å²) in [6.45, 7) is 4.25. The zero-order valence-corrected chi connectivity index (χ0v) is 21.2. The molecule has 0 aliphatic rings. The largest absolute Gasteiger partial charge is 0.387 e. The van der Waals surface area contributed by atoms with Crippen molar-refractivity contribution < 1.29 is 28.0 Å². The van der Waals surface area contributed by atoms with E-state index in [0.29, 0.717) is 12.8 Å². The van der Waals surface area contributed by atoms with Crippen molar-refractivity contribution in [1.29, 1.82) is 0 Å². The highest BCUT2D eigenvalue weighted by molar-refractivity contribution is 7.85. The summed E-state index contributed by atoms with van der Waals surface area (Å²) < 4.78 is 31.8. The summed E-state index contributed by atoms with van der Waals surface area (Å²) in [6, 6.07) is -1.25. The molecular weight excluding hydrogens is 442 g/mol. The summed E-state index contributed by atoms with van der Waals surface area (Å²) >= 11 is 0. The van der Waals surface area contributed by atoms with Crippen LogP contribution in [0.15, 0.2) is 36.5 Å². The van der Waals surface area contributed by atoms with E-state index in [2.05, 4.69) is 37.4 Å². The second kappa shape index (κ2) is 19.9. The highest BCUT2D eigenvalue weighted by atomic mass is 32.2. The van der Waals surface area contributed by atoms with E-state index >= 15 is 0 Å². The van der Waals surface area contributed by atoms with Gasteiger partial charge in [-0.15, -0.1) is 0 Å². The molecule has 0 aromatic heterocycles. The van der Waals surface area contributed by atoms with E-state index in [4.69, 9.17) is 0 Å². The molecule has 0 heterocycles. The molecule has 0 radical (unpaired) electrons. The smallest absolute Gasteiger partial charge is 0.267 e. The van der Waals surface area contributed by atoms with Crippen molar-refractivity contribution in [1.82, 2.24) is 5.32 Å². The summed E-state index contributed by atoms with van der Waals surface area (Å²) in [6.07, 6.45) is 19.7. The molecule has 0 aromatic carbocycles. The predicted molar refractivity (Wildman–Crippen MR) is 135 cm³/mol. The predicted octanol–water partition coefficient (Wildman–Crippen LogP) is 4.47. The van der Waals surface area contributed by atoms with Crippen LogP contribution in [0.4, 0.5) is 0 Å². The Labute approximate surface area is 200 Å². The number of carbonyl (C=O) groups excluding carboxylic acids is 1. The van der Waals surface area contributed by atoms with Gasteiger partial charge >= 0.3 is 0 Å². The summed E-state index contributed by atoms with van der Waals surface area (Å²) in [7, 11) is -4.43. The normalized spacial score (nSPS) is 15.4. The highest BCUT2D eigenvalue weighted by Crippen LogP contribution is 2.09. The molecule has 3 atom stereocenters. The van der Waals surface area contributed by atoms with E-state index in [0.717, 1.165) is 44.9 Å². The molecule has 0 spiro atoms. The molecule has 0 fully saturated rings. The Kier molecular flexibility index (Phi) is 19.0. The van der Waals surface area contributed by atoms with Crippen molar-refractivity contribution in [2.75, 3.05) is 5.75 Å². The number of nitrogens with one attached hydrogen (secondary N) is 1. The van der Waals surface area contributed by atoms with Crippen LogP contribution in [-0.2, 0) is 14.9 Å². The number of amides is 1. The van der Waals surface area contributed by atoms with Crippen LogP contribution in [0, 0.1) is 0 Å². The lowest BCUT2D eigenvalue weighted by molar-refractivity contribution is -0.130. The van der Waals surface area contributed by atoms with Gasteiger partial charge in [-0.2, -0.15) is 8.42 Å². The SMILES string of the molecule is CCC/C=C/CC/C=C/C(O)C(CS(=O)(=O)O)NC(=O)C(O)CCCCC/C=C\CCCC. The van der Waals surface area contributed by atoms with Crippen LogP contribution in [-0.4, -0.2) is 53.1 Å². The Bertz CT molecular complexity index is 687. The third kappa shape index (κ3) is 19.7. The molecule has 4 N–H and O–H groups in total. The molecule has 33 heavy (non-hydrogen) atoms. The van der Waals surface area contributed by atoms with Crippen LogP contribution < -0.4 is 5.32 Å². The third-order valence-corrected chi connectivity index (χ3v) is 5.91. The van der Waals surface area contributed by atoms with Crippen LogP contribution in [0.25, 0.3) is 0 Å². The van der Waals surface area contributed by atoms with Gasteiger partial charge in [-0.05, 0) is 44.9 Å². The van der Waals surface area contributed by atoms with E-state index in [1.54, 1.807) is 6.08 Å². The van der Waals surface area contributed by atoms with Gasteiger partial charge in [-0.3, -0.25) is 9.35 Å². The van der Waals surface area contributed by atoms with Crippen molar-refractivity contribution in [2.24, 2.45) is 0 Å². The molecule has 1 amide bonds. The lowest BCUT2D eigenvalue weighted by Crippen LogP contribution is -2.50. The molecule has 0 rings (SSSR count). The van der Waals surface area contributed by atoms with Gasteiger partial charge in [-0.25, -0.2) is 0 Å². The number of hydrogen-bond acceptors (Lipinski definition) is 5. The number of allylic oxidation sites excluding steroid dienone is 5. The fourth-order valence-electron chi connectivity index (χ4n) is 3.16. The van der Waals surface area contributed by atoms with Gasteiger partial charge in [0, 0.05) is 0 Å². The maximum atomic E-state index is 12.3. The molecule has 0 saturated carbocycles. The van der Waals surface area contributed by atoms with Crippen LogP contribution in [0.2, 0.25) is 0 Å². The first kappa shape index (κ1) is 31.5. The Morgan fingerprint density at radius 3 is 2.06 bits per heavy atom. The molecule has 0 bridgehead atoms. The number of hydrogen-bond donors (Lipinski definition) is 4. The first-order valence-corrected chi connectivity index (χ1v) is 13.9. The van der Waals surface area contributed by atoms with Gasteiger partial charge in [0.15, 0.2) is 0 Å². The maximum absolute atomic E-state index is 12.3. The Morgan fingerprint density at radius 1 is 0.818 bits per heavy atom. The lowest BCUT2D eigenvalue weighted by atomic mass is 10.1. The van der Waals surface area contributed by atoms with Gasteiger partial charge < -0.3 is 15.5 Å². The summed E-state index contributed by atoms with van der Waals surface area (Å²) in [5, 5.41) is 22.8. The quantitative estimate of drug-likeness (QED) is 0.114. The number of carbonyl (C=O) groups is 1. The topological polar surface area (TPSA) is 124 Å². The van der Waals surface area contributed by atoms with E-state index in [-0.39, 0.29) is 6.42 Å². The van der Waals surface area contributed by atoms with Gasteiger partial charge in [-0.1, -0.05) is 82.4 Å². The minimum absolute atomic E-state index is 0.250. The van der Waals surface area contributed by atoms with Crippen molar-refractivity contribution in [2.45, 2.75) is 109 Å². The Hall–Kier alpha value is -1.48. The van der Waals surface area contributed by atoms with Gasteiger partial charge in [0.2, 0.25) is 5.91 Å². The van der Waals surface area contributed by atoms with Gasteiger partial charge in [0.05, 0.1) is 17.9 Å². The summed E-state index contributed by atoms with van der Waals surface area (Å²) in [4.78, 5) is 12.3. The van der Waals surface area contributed by atoms with Crippen LogP contribution in [0.1, 0.15) is 90.9 Å².